The molecule has 1 fully saturated rings. The van der Waals surface area contributed by atoms with Crippen molar-refractivity contribution >= 4 is 11.7 Å². The Kier molecular flexibility index (Phi) is 4.91. The van der Waals surface area contributed by atoms with Gasteiger partial charge in [0.1, 0.15) is 23.8 Å². The van der Waals surface area contributed by atoms with E-state index in [1.54, 1.807) is 23.4 Å². The molecule has 0 atom stereocenters. The van der Waals surface area contributed by atoms with Gasteiger partial charge in [-0.2, -0.15) is 5.10 Å². The maximum atomic E-state index is 13.1. The Bertz CT molecular complexity index is 1190. The van der Waals surface area contributed by atoms with Crippen LogP contribution in [-0.4, -0.2) is 66.3 Å². The van der Waals surface area contributed by atoms with E-state index in [4.69, 9.17) is 0 Å². The van der Waals surface area contributed by atoms with Crippen LogP contribution < -0.4 is 4.90 Å². The highest BCUT2D eigenvalue weighted by Crippen LogP contribution is 2.18. The van der Waals surface area contributed by atoms with Gasteiger partial charge in [-0.25, -0.2) is 19.6 Å². The van der Waals surface area contributed by atoms with Crippen molar-refractivity contribution in [3.63, 3.8) is 0 Å². The third-order valence-electron chi connectivity index (χ3n) is 5.46. The predicted octanol–water partition coefficient (Wildman–Crippen LogP) is 2.12. The summed E-state index contributed by atoms with van der Waals surface area (Å²) in [5, 5.41) is 4.24. The quantitative estimate of drug-likeness (QED) is 0.509. The van der Waals surface area contributed by atoms with E-state index in [1.165, 1.54) is 0 Å². The zero-order valence-electron chi connectivity index (χ0n) is 17.2. The molecule has 4 heterocycles. The molecular weight excluding hydrogens is 392 g/mol. The lowest BCUT2D eigenvalue weighted by Gasteiger charge is -2.35. The van der Waals surface area contributed by atoms with Gasteiger partial charge in [-0.05, 0) is 31.2 Å². The molecule has 4 aromatic rings. The lowest BCUT2D eigenvalue weighted by Crippen LogP contribution is -2.49. The molecule has 1 amide bonds. The number of nitrogens with zero attached hydrogens (tertiary/aromatic N) is 8. The average molecular weight is 414 g/mol. The van der Waals surface area contributed by atoms with Crippen LogP contribution in [0.3, 0.4) is 0 Å². The Balaban J connectivity index is 1.27. The molecule has 0 bridgehead atoms. The Morgan fingerprint density at radius 1 is 0.903 bits per heavy atom. The van der Waals surface area contributed by atoms with Gasteiger partial charge in [-0.15, -0.1) is 0 Å². The Hall–Kier alpha value is -4.01. The van der Waals surface area contributed by atoms with Crippen LogP contribution in [0.1, 0.15) is 16.2 Å². The van der Waals surface area contributed by atoms with Crippen molar-refractivity contribution in [1.29, 1.82) is 0 Å². The second-order valence-electron chi connectivity index (χ2n) is 7.36. The van der Waals surface area contributed by atoms with Crippen LogP contribution >= 0.6 is 0 Å². The van der Waals surface area contributed by atoms with Gasteiger partial charge in [-0.3, -0.25) is 9.36 Å². The monoisotopic (exact) mass is 414 g/mol. The van der Waals surface area contributed by atoms with Crippen LogP contribution in [0.2, 0.25) is 0 Å². The third-order valence-corrected chi connectivity index (χ3v) is 5.46. The fraction of sp³-hybridized carbons (Fsp3) is 0.227. The van der Waals surface area contributed by atoms with Crippen molar-refractivity contribution < 1.29 is 4.79 Å². The first kappa shape index (κ1) is 19.0. The molecule has 156 valence electrons. The molecule has 1 aliphatic rings. The number of rotatable bonds is 4. The van der Waals surface area contributed by atoms with Crippen LogP contribution in [0.4, 0.5) is 5.82 Å². The number of aromatic nitrogens is 6. The molecule has 1 aromatic carbocycles. The summed E-state index contributed by atoms with van der Waals surface area (Å²) in [6, 6.07) is 11.4. The first-order chi connectivity index (χ1) is 15.2. The first-order valence-corrected chi connectivity index (χ1v) is 10.2. The van der Waals surface area contributed by atoms with Gasteiger partial charge in [0.05, 0.1) is 5.69 Å². The average Bonchev–Trinajstić information content (AvgIpc) is 3.51. The van der Waals surface area contributed by atoms with Crippen molar-refractivity contribution in [2.45, 2.75) is 6.92 Å². The van der Waals surface area contributed by atoms with Crippen LogP contribution in [-0.2, 0) is 0 Å². The molecule has 1 saturated heterocycles. The van der Waals surface area contributed by atoms with Gasteiger partial charge in [0, 0.05) is 62.6 Å². The number of hydrogen-bond acceptors (Lipinski definition) is 6. The highest BCUT2D eigenvalue weighted by Gasteiger charge is 2.23. The van der Waals surface area contributed by atoms with Crippen molar-refractivity contribution in [2.24, 2.45) is 0 Å². The SMILES string of the molecule is Cc1nccn1-c1cc(N2CCN(C(=O)c3cccc(-n4cccn4)c3)CC2)ncn1. The minimum absolute atomic E-state index is 0.0334. The molecule has 0 unspecified atom stereocenters. The van der Waals surface area contributed by atoms with E-state index in [-0.39, 0.29) is 5.91 Å². The zero-order chi connectivity index (χ0) is 21.2. The number of amides is 1. The molecule has 0 N–H and O–H groups in total. The molecule has 1 aliphatic heterocycles. The molecule has 9 nitrogen and oxygen atoms in total. The van der Waals surface area contributed by atoms with Gasteiger partial charge in [0.2, 0.25) is 0 Å². The number of aryl methyl sites for hydroxylation is 1. The molecule has 9 heteroatoms. The number of imidazole rings is 1. The highest BCUT2D eigenvalue weighted by atomic mass is 16.2. The van der Waals surface area contributed by atoms with E-state index in [9.17, 15) is 4.79 Å². The lowest BCUT2D eigenvalue weighted by atomic mass is 10.1. The molecule has 31 heavy (non-hydrogen) atoms. The summed E-state index contributed by atoms with van der Waals surface area (Å²) in [7, 11) is 0. The maximum Gasteiger partial charge on any atom is 0.254 e. The predicted molar refractivity (Wildman–Crippen MR) is 116 cm³/mol. The van der Waals surface area contributed by atoms with Gasteiger partial charge in [0.15, 0.2) is 0 Å². The highest BCUT2D eigenvalue weighted by molar-refractivity contribution is 5.95. The standard InChI is InChI=1S/C22H22N8O/c1-17-23-7-9-29(17)21-15-20(24-16-25-21)27-10-12-28(13-11-27)22(31)18-4-2-5-19(14-18)30-8-3-6-26-30/h2-9,14-16H,10-13H2,1H3. The fourth-order valence-electron chi connectivity index (χ4n) is 3.79. The Morgan fingerprint density at radius 2 is 1.74 bits per heavy atom. The van der Waals surface area contributed by atoms with Crippen molar-refractivity contribution in [1.82, 2.24) is 34.2 Å². The fourth-order valence-corrected chi connectivity index (χ4v) is 3.79. The van der Waals surface area contributed by atoms with Crippen LogP contribution in [0.5, 0.6) is 0 Å². The van der Waals surface area contributed by atoms with Gasteiger partial charge >= 0.3 is 0 Å². The number of piperazine rings is 1. The summed E-state index contributed by atoms with van der Waals surface area (Å²) in [5.74, 6) is 2.54. The Morgan fingerprint density at radius 3 is 2.48 bits per heavy atom. The van der Waals surface area contributed by atoms with Crippen molar-refractivity contribution in [2.75, 3.05) is 31.1 Å². The molecule has 0 aliphatic carbocycles. The molecule has 0 radical (unpaired) electrons. The molecule has 3 aromatic heterocycles. The van der Waals surface area contributed by atoms with Gasteiger partial charge in [-0.1, -0.05) is 6.07 Å². The van der Waals surface area contributed by atoms with E-state index in [0.717, 1.165) is 23.1 Å². The van der Waals surface area contributed by atoms with E-state index in [2.05, 4.69) is 25.0 Å². The van der Waals surface area contributed by atoms with Gasteiger partial charge < -0.3 is 9.80 Å². The summed E-state index contributed by atoms with van der Waals surface area (Å²) in [6.45, 7) is 4.63. The van der Waals surface area contributed by atoms with Crippen LogP contribution in [0.15, 0.2) is 67.5 Å². The van der Waals surface area contributed by atoms with E-state index >= 15 is 0 Å². The number of hydrogen-bond donors (Lipinski definition) is 0. The summed E-state index contributed by atoms with van der Waals surface area (Å²) in [5.41, 5.74) is 1.54. The number of carbonyl (C=O) groups is 1. The van der Waals surface area contributed by atoms with Gasteiger partial charge in [0.25, 0.3) is 5.91 Å². The van der Waals surface area contributed by atoms with E-state index < -0.39 is 0 Å². The largest absolute Gasteiger partial charge is 0.353 e. The minimum atomic E-state index is 0.0334. The van der Waals surface area contributed by atoms with Crippen LogP contribution in [0, 0.1) is 6.92 Å². The van der Waals surface area contributed by atoms with Crippen molar-refractivity contribution in [3.8, 4) is 11.5 Å². The topological polar surface area (TPSA) is 85.0 Å². The van der Waals surface area contributed by atoms with E-state index in [1.807, 2.05) is 65.2 Å². The second-order valence-corrected chi connectivity index (χ2v) is 7.36. The summed E-state index contributed by atoms with van der Waals surface area (Å²) >= 11 is 0. The first-order valence-electron chi connectivity index (χ1n) is 10.2. The molecule has 5 rings (SSSR count). The minimum Gasteiger partial charge on any atom is -0.353 e. The number of anilines is 1. The summed E-state index contributed by atoms with van der Waals surface area (Å²) < 4.78 is 3.68. The second kappa shape index (κ2) is 8.02. The number of carbonyl (C=O) groups excluding carboxylic acids is 1. The smallest absolute Gasteiger partial charge is 0.254 e. The molecule has 0 spiro atoms. The third kappa shape index (κ3) is 3.77. The molecular formula is C22H22N8O. The Labute approximate surface area is 179 Å². The van der Waals surface area contributed by atoms with Crippen LogP contribution in [0.25, 0.3) is 11.5 Å². The summed E-state index contributed by atoms with van der Waals surface area (Å²) in [6.07, 6.45) is 8.80. The normalized spacial score (nSPS) is 14.1. The number of benzene rings is 1. The van der Waals surface area contributed by atoms with Crippen molar-refractivity contribution in [3.05, 3.63) is 78.9 Å². The molecule has 0 saturated carbocycles. The van der Waals surface area contributed by atoms with E-state index in [0.29, 0.717) is 31.7 Å². The lowest BCUT2D eigenvalue weighted by molar-refractivity contribution is 0.0746. The summed E-state index contributed by atoms with van der Waals surface area (Å²) in [4.78, 5) is 30.2. The maximum absolute atomic E-state index is 13.1. The zero-order valence-corrected chi connectivity index (χ0v) is 17.2.